The standard InChI is InChI=1S/C13H23N/c1-5-6-7-8-12(9-10-14)11-13(2,3)4/h9H,5-8,11H2,1-4H3/b12-9+. The summed E-state index contributed by atoms with van der Waals surface area (Å²) in [6, 6.07) is 2.16. The Morgan fingerprint density at radius 3 is 2.36 bits per heavy atom. The van der Waals surface area contributed by atoms with E-state index in [0.717, 1.165) is 12.8 Å². The van der Waals surface area contributed by atoms with Crippen LogP contribution in [0.4, 0.5) is 0 Å². The minimum Gasteiger partial charge on any atom is -0.193 e. The predicted molar refractivity (Wildman–Crippen MR) is 61.9 cm³/mol. The normalized spacial score (nSPS) is 12.6. The second kappa shape index (κ2) is 6.65. The molecule has 0 spiro atoms. The van der Waals surface area contributed by atoms with Gasteiger partial charge in [0.25, 0.3) is 0 Å². The highest BCUT2D eigenvalue weighted by molar-refractivity contribution is 5.14. The van der Waals surface area contributed by atoms with Crippen molar-refractivity contribution < 1.29 is 0 Å². The van der Waals surface area contributed by atoms with E-state index >= 15 is 0 Å². The number of allylic oxidation sites excluding steroid dienone is 2. The van der Waals surface area contributed by atoms with E-state index in [9.17, 15) is 0 Å². The maximum atomic E-state index is 8.66. The van der Waals surface area contributed by atoms with Crippen LogP contribution in [0.2, 0.25) is 0 Å². The van der Waals surface area contributed by atoms with Gasteiger partial charge in [-0.25, -0.2) is 0 Å². The molecule has 0 bridgehead atoms. The summed E-state index contributed by atoms with van der Waals surface area (Å²) in [5, 5.41) is 8.66. The molecule has 0 amide bonds. The second-order valence-corrected chi connectivity index (χ2v) is 5.13. The minimum absolute atomic E-state index is 0.300. The van der Waals surface area contributed by atoms with E-state index in [4.69, 9.17) is 5.26 Å². The van der Waals surface area contributed by atoms with Crippen molar-refractivity contribution in [3.05, 3.63) is 11.6 Å². The molecule has 0 N–H and O–H groups in total. The molecule has 0 fully saturated rings. The number of unbranched alkanes of at least 4 members (excludes halogenated alkanes) is 2. The molecule has 1 heteroatoms. The van der Waals surface area contributed by atoms with Crippen molar-refractivity contribution in [2.75, 3.05) is 0 Å². The van der Waals surface area contributed by atoms with Gasteiger partial charge in [0.2, 0.25) is 0 Å². The van der Waals surface area contributed by atoms with Crippen molar-refractivity contribution in [3.8, 4) is 6.07 Å². The third-order valence-electron chi connectivity index (χ3n) is 2.13. The first-order valence-electron chi connectivity index (χ1n) is 5.57. The highest BCUT2D eigenvalue weighted by Crippen LogP contribution is 2.26. The Morgan fingerprint density at radius 1 is 1.29 bits per heavy atom. The van der Waals surface area contributed by atoms with Crippen LogP contribution in [0, 0.1) is 16.7 Å². The lowest BCUT2D eigenvalue weighted by Gasteiger charge is -2.19. The number of hydrogen-bond donors (Lipinski definition) is 0. The van der Waals surface area contributed by atoms with Crippen LogP contribution in [0.25, 0.3) is 0 Å². The van der Waals surface area contributed by atoms with Gasteiger partial charge in [-0.1, -0.05) is 46.1 Å². The second-order valence-electron chi connectivity index (χ2n) is 5.13. The average molecular weight is 193 g/mol. The SMILES string of the molecule is CCCCC/C(=C\C#N)CC(C)(C)C. The maximum absolute atomic E-state index is 8.66. The summed E-state index contributed by atoms with van der Waals surface area (Å²) in [6.45, 7) is 8.87. The first-order chi connectivity index (χ1) is 6.49. The molecule has 0 aromatic heterocycles. The van der Waals surface area contributed by atoms with E-state index in [-0.39, 0.29) is 0 Å². The summed E-state index contributed by atoms with van der Waals surface area (Å²) < 4.78 is 0. The maximum Gasteiger partial charge on any atom is 0.0911 e. The van der Waals surface area contributed by atoms with E-state index in [1.807, 2.05) is 0 Å². The molecule has 80 valence electrons. The van der Waals surface area contributed by atoms with Crippen LogP contribution in [0.1, 0.15) is 59.8 Å². The fourth-order valence-corrected chi connectivity index (χ4v) is 1.59. The lowest BCUT2D eigenvalue weighted by atomic mass is 9.86. The zero-order valence-corrected chi connectivity index (χ0v) is 10.1. The third kappa shape index (κ3) is 7.86. The number of nitriles is 1. The molecule has 0 atom stereocenters. The lowest BCUT2D eigenvalue weighted by molar-refractivity contribution is 0.402. The summed E-state index contributed by atoms with van der Waals surface area (Å²) in [7, 11) is 0. The molecule has 0 rings (SSSR count). The highest BCUT2D eigenvalue weighted by Gasteiger charge is 2.12. The Bertz CT molecular complexity index is 212. The summed E-state index contributed by atoms with van der Waals surface area (Å²) in [5.41, 5.74) is 1.61. The van der Waals surface area contributed by atoms with Crippen LogP contribution in [-0.2, 0) is 0 Å². The Hall–Kier alpha value is -0.770. The van der Waals surface area contributed by atoms with Gasteiger partial charge in [-0.15, -0.1) is 0 Å². The number of hydrogen-bond acceptors (Lipinski definition) is 1. The van der Waals surface area contributed by atoms with E-state index in [0.29, 0.717) is 5.41 Å². The van der Waals surface area contributed by atoms with Crippen LogP contribution in [-0.4, -0.2) is 0 Å². The van der Waals surface area contributed by atoms with Gasteiger partial charge in [-0.2, -0.15) is 5.26 Å². The summed E-state index contributed by atoms with van der Waals surface area (Å²) in [4.78, 5) is 0. The first-order valence-corrected chi connectivity index (χ1v) is 5.57. The number of nitrogens with zero attached hydrogens (tertiary/aromatic N) is 1. The van der Waals surface area contributed by atoms with Crippen molar-refractivity contribution in [2.24, 2.45) is 5.41 Å². The summed E-state index contributed by atoms with van der Waals surface area (Å²) in [6.07, 6.45) is 7.62. The summed E-state index contributed by atoms with van der Waals surface area (Å²) in [5.74, 6) is 0. The first kappa shape index (κ1) is 13.2. The largest absolute Gasteiger partial charge is 0.193 e. The van der Waals surface area contributed by atoms with Gasteiger partial charge in [0.05, 0.1) is 6.07 Å². The van der Waals surface area contributed by atoms with Gasteiger partial charge in [-0.05, 0) is 24.7 Å². The molecule has 0 radical (unpaired) electrons. The molecule has 0 saturated carbocycles. The molecule has 0 heterocycles. The smallest absolute Gasteiger partial charge is 0.0911 e. The van der Waals surface area contributed by atoms with Gasteiger partial charge in [0.15, 0.2) is 0 Å². The van der Waals surface area contributed by atoms with Gasteiger partial charge >= 0.3 is 0 Å². The van der Waals surface area contributed by atoms with Crippen LogP contribution in [0.5, 0.6) is 0 Å². The zero-order chi connectivity index (χ0) is 11.0. The summed E-state index contributed by atoms with van der Waals surface area (Å²) >= 11 is 0. The number of rotatable bonds is 5. The van der Waals surface area contributed by atoms with Crippen LogP contribution in [0.3, 0.4) is 0 Å². The molecule has 0 unspecified atom stereocenters. The van der Waals surface area contributed by atoms with Crippen LogP contribution in [0.15, 0.2) is 11.6 Å². The van der Waals surface area contributed by atoms with E-state index in [1.54, 1.807) is 6.08 Å². The monoisotopic (exact) mass is 193 g/mol. The molecular weight excluding hydrogens is 170 g/mol. The fourth-order valence-electron chi connectivity index (χ4n) is 1.59. The Morgan fingerprint density at radius 2 is 1.93 bits per heavy atom. The topological polar surface area (TPSA) is 23.8 Å². The average Bonchev–Trinajstić information content (AvgIpc) is 2.02. The van der Waals surface area contributed by atoms with Gasteiger partial charge in [-0.3, -0.25) is 0 Å². The minimum atomic E-state index is 0.300. The Labute approximate surface area is 88.8 Å². The highest BCUT2D eigenvalue weighted by atomic mass is 14.2. The third-order valence-corrected chi connectivity index (χ3v) is 2.13. The van der Waals surface area contributed by atoms with Gasteiger partial charge in [0.1, 0.15) is 0 Å². The lowest BCUT2D eigenvalue weighted by Crippen LogP contribution is -2.06. The molecule has 0 aromatic rings. The Kier molecular flexibility index (Phi) is 6.28. The molecule has 0 aliphatic rings. The van der Waals surface area contributed by atoms with Crippen molar-refractivity contribution in [2.45, 2.75) is 59.8 Å². The molecule has 0 aliphatic heterocycles. The molecule has 0 saturated heterocycles. The van der Waals surface area contributed by atoms with E-state index in [2.05, 4.69) is 33.8 Å². The quantitative estimate of drug-likeness (QED) is 0.467. The molecule has 0 aliphatic carbocycles. The predicted octanol–water partition coefficient (Wildman–Crippen LogP) is 4.45. The molecular formula is C13H23N. The fraction of sp³-hybridized carbons (Fsp3) is 0.769. The van der Waals surface area contributed by atoms with Crippen molar-refractivity contribution in [1.82, 2.24) is 0 Å². The van der Waals surface area contributed by atoms with Crippen LogP contribution < -0.4 is 0 Å². The van der Waals surface area contributed by atoms with Crippen LogP contribution >= 0.6 is 0 Å². The Balaban J connectivity index is 4.06. The molecule has 0 aromatic carbocycles. The van der Waals surface area contributed by atoms with E-state index in [1.165, 1.54) is 24.8 Å². The van der Waals surface area contributed by atoms with Gasteiger partial charge in [0, 0.05) is 6.08 Å². The van der Waals surface area contributed by atoms with Crippen molar-refractivity contribution in [3.63, 3.8) is 0 Å². The van der Waals surface area contributed by atoms with Gasteiger partial charge < -0.3 is 0 Å². The zero-order valence-electron chi connectivity index (χ0n) is 10.1. The molecule has 1 nitrogen and oxygen atoms in total. The molecule has 14 heavy (non-hydrogen) atoms. The van der Waals surface area contributed by atoms with Crippen molar-refractivity contribution in [1.29, 1.82) is 5.26 Å². The van der Waals surface area contributed by atoms with Crippen molar-refractivity contribution >= 4 is 0 Å². The van der Waals surface area contributed by atoms with E-state index < -0.39 is 0 Å².